The lowest BCUT2D eigenvalue weighted by molar-refractivity contribution is -0.125. The number of aromatic amines is 2. The molecule has 1 amide bonds. The number of aromatic nitrogens is 6. The summed E-state index contributed by atoms with van der Waals surface area (Å²) in [5.41, 5.74) is 4.10. The summed E-state index contributed by atoms with van der Waals surface area (Å²) in [5.74, 6) is 0.851. The van der Waals surface area contributed by atoms with Crippen molar-refractivity contribution in [2.75, 3.05) is 5.32 Å². The van der Waals surface area contributed by atoms with E-state index >= 15 is 0 Å². The highest BCUT2D eigenvalue weighted by atomic mass is 32.1. The van der Waals surface area contributed by atoms with Gasteiger partial charge in [0.25, 0.3) is 0 Å². The molecular weight excluding hydrogens is 424 g/mol. The maximum absolute atomic E-state index is 12.7. The number of aryl methyl sites for hydroxylation is 1. The fourth-order valence-corrected chi connectivity index (χ4v) is 5.56. The Labute approximate surface area is 186 Å². The molecule has 9 nitrogen and oxygen atoms in total. The minimum Gasteiger partial charge on any atom is -0.350 e. The molecule has 160 valence electrons. The molecule has 32 heavy (non-hydrogen) atoms. The number of amides is 1. The Morgan fingerprint density at radius 2 is 2.16 bits per heavy atom. The topological polar surface area (TPSA) is 124 Å². The Morgan fingerprint density at radius 3 is 3.06 bits per heavy atom. The second kappa shape index (κ2) is 7.72. The van der Waals surface area contributed by atoms with Gasteiger partial charge in [-0.3, -0.25) is 15.0 Å². The van der Waals surface area contributed by atoms with Crippen LogP contribution in [0.2, 0.25) is 0 Å². The number of rotatable bonds is 5. The van der Waals surface area contributed by atoms with Gasteiger partial charge in [0, 0.05) is 28.1 Å². The predicted octanol–water partition coefficient (Wildman–Crippen LogP) is 3.46. The van der Waals surface area contributed by atoms with Crippen LogP contribution < -0.4 is 10.6 Å². The number of hydrogen-bond acceptors (Lipinski definition) is 7. The van der Waals surface area contributed by atoms with E-state index in [2.05, 4.69) is 41.0 Å². The summed E-state index contributed by atoms with van der Waals surface area (Å²) in [6.45, 7) is 0.467. The highest BCUT2D eigenvalue weighted by molar-refractivity contribution is 7.19. The van der Waals surface area contributed by atoms with Gasteiger partial charge in [-0.2, -0.15) is 10.2 Å². The molecule has 0 spiro atoms. The van der Waals surface area contributed by atoms with Gasteiger partial charge in [-0.1, -0.05) is 0 Å². The highest BCUT2D eigenvalue weighted by Gasteiger charge is 2.29. The first kappa shape index (κ1) is 18.9. The van der Waals surface area contributed by atoms with Gasteiger partial charge in [0.05, 0.1) is 29.3 Å². The molecule has 0 saturated carbocycles. The van der Waals surface area contributed by atoms with E-state index in [1.165, 1.54) is 10.4 Å². The fourth-order valence-electron chi connectivity index (χ4n) is 4.30. The van der Waals surface area contributed by atoms with Crippen LogP contribution in [0.3, 0.4) is 0 Å². The first-order valence-electron chi connectivity index (χ1n) is 10.5. The zero-order valence-corrected chi connectivity index (χ0v) is 17.9. The molecule has 4 N–H and O–H groups in total. The van der Waals surface area contributed by atoms with Crippen LogP contribution in [0.15, 0.2) is 43.0 Å². The molecule has 0 bridgehead atoms. The summed E-state index contributed by atoms with van der Waals surface area (Å²) < 4.78 is 0. The van der Waals surface area contributed by atoms with E-state index in [9.17, 15) is 4.79 Å². The Kier molecular flexibility index (Phi) is 4.57. The SMILES string of the molecule is O=C(NCc1ccn[nH]1)C1CCc2c(sc3ncnc(Nc4ccc5[nH]ncc5c4)c23)C1. The minimum absolute atomic E-state index is 0.0358. The lowest BCUT2D eigenvalue weighted by Gasteiger charge is -2.21. The molecular formula is C22H20N8OS. The van der Waals surface area contributed by atoms with Crippen LogP contribution in [0.25, 0.3) is 21.1 Å². The minimum atomic E-state index is -0.0358. The number of nitrogens with one attached hydrogen (secondary N) is 4. The van der Waals surface area contributed by atoms with Crippen molar-refractivity contribution in [2.45, 2.75) is 25.8 Å². The second-order valence-corrected chi connectivity index (χ2v) is 9.03. The number of benzene rings is 1. The molecule has 0 radical (unpaired) electrons. The third kappa shape index (κ3) is 3.38. The first-order valence-corrected chi connectivity index (χ1v) is 11.3. The Balaban J connectivity index is 1.25. The molecule has 6 rings (SSSR count). The third-order valence-corrected chi connectivity index (χ3v) is 7.09. The predicted molar refractivity (Wildman–Crippen MR) is 123 cm³/mol. The number of carbonyl (C=O) groups excluding carboxylic acids is 1. The van der Waals surface area contributed by atoms with E-state index in [4.69, 9.17) is 0 Å². The molecule has 0 saturated heterocycles. The molecule has 10 heteroatoms. The quantitative estimate of drug-likeness (QED) is 0.329. The van der Waals surface area contributed by atoms with Gasteiger partial charge in [-0.25, -0.2) is 9.97 Å². The summed E-state index contributed by atoms with van der Waals surface area (Å²) in [5, 5.41) is 22.4. The van der Waals surface area contributed by atoms with E-state index in [0.717, 1.165) is 57.6 Å². The van der Waals surface area contributed by atoms with E-state index in [1.54, 1.807) is 30.1 Å². The molecule has 0 fully saturated rings. The van der Waals surface area contributed by atoms with Crippen molar-refractivity contribution in [3.05, 3.63) is 59.1 Å². The van der Waals surface area contributed by atoms with Crippen molar-refractivity contribution in [2.24, 2.45) is 5.92 Å². The fraction of sp³-hybridized carbons (Fsp3) is 0.227. The zero-order valence-electron chi connectivity index (χ0n) is 17.1. The van der Waals surface area contributed by atoms with Crippen molar-refractivity contribution in [3.63, 3.8) is 0 Å². The number of anilines is 2. The maximum Gasteiger partial charge on any atom is 0.223 e. The number of fused-ring (bicyclic) bond motifs is 4. The van der Waals surface area contributed by atoms with Crippen molar-refractivity contribution in [1.82, 2.24) is 35.7 Å². The van der Waals surface area contributed by atoms with Crippen LogP contribution in [0.1, 0.15) is 22.6 Å². The van der Waals surface area contributed by atoms with E-state index in [1.807, 2.05) is 24.3 Å². The first-order chi connectivity index (χ1) is 15.7. The van der Waals surface area contributed by atoms with Gasteiger partial charge in [0.1, 0.15) is 17.0 Å². The molecule has 1 aliphatic rings. The number of nitrogens with zero attached hydrogens (tertiary/aromatic N) is 4. The Hall–Kier alpha value is -3.79. The van der Waals surface area contributed by atoms with Crippen LogP contribution in [0.5, 0.6) is 0 Å². The summed E-state index contributed by atoms with van der Waals surface area (Å²) in [7, 11) is 0. The van der Waals surface area contributed by atoms with Gasteiger partial charge in [0.15, 0.2) is 0 Å². The number of carbonyl (C=O) groups is 1. The lowest BCUT2D eigenvalue weighted by atomic mass is 9.87. The van der Waals surface area contributed by atoms with Crippen molar-refractivity contribution in [1.29, 1.82) is 0 Å². The number of hydrogen-bond donors (Lipinski definition) is 4. The average Bonchev–Trinajstić information content (AvgIpc) is 3.56. The number of thiophene rings is 1. The average molecular weight is 445 g/mol. The van der Waals surface area contributed by atoms with Gasteiger partial charge >= 0.3 is 0 Å². The van der Waals surface area contributed by atoms with Crippen LogP contribution >= 0.6 is 11.3 Å². The molecule has 1 aliphatic carbocycles. The van der Waals surface area contributed by atoms with Crippen LogP contribution in [0.4, 0.5) is 11.5 Å². The summed E-state index contributed by atoms with van der Waals surface area (Å²) >= 11 is 1.66. The van der Waals surface area contributed by atoms with Gasteiger partial charge in [0.2, 0.25) is 5.91 Å². The normalized spacial score (nSPS) is 15.7. The molecule has 4 aromatic heterocycles. The zero-order chi connectivity index (χ0) is 21.5. The van der Waals surface area contributed by atoms with Gasteiger partial charge in [-0.15, -0.1) is 11.3 Å². The van der Waals surface area contributed by atoms with Crippen molar-refractivity contribution < 1.29 is 4.79 Å². The monoisotopic (exact) mass is 444 g/mol. The van der Waals surface area contributed by atoms with Gasteiger partial charge < -0.3 is 10.6 Å². The molecule has 1 unspecified atom stereocenters. The van der Waals surface area contributed by atoms with Crippen LogP contribution in [-0.2, 0) is 24.2 Å². The van der Waals surface area contributed by atoms with E-state index in [0.29, 0.717) is 6.54 Å². The molecule has 5 aromatic rings. The van der Waals surface area contributed by atoms with E-state index < -0.39 is 0 Å². The van der Waals surface area contributed by atoms with E-state index in [-0.39, 0.29) is 11.8 Å². The lowest BCUT2D eigenvalue weighted by Crippen LogP contribution is -2.33. The molecule has 1 atom stereocenters. The van der Waals surface area contributed by atoms with Crippen LogP contribution in [-0.4, -0.2) is 36.3 Å². The summed E-state index contributed by atoms with van der Waals surface area (Å²) in [4.78, 5) is 23.9. The van der Waals surface area contributed by atoms with Crippen molar-refractivity contribution >= 4 is 49.9 Å². The smallest absolute Gasteiger partial charge is 0.223 e. The number of H-pyrrole nitrogens is 2. The summed E-state index contributed by atoms with van der Waals surface area (Å²) in [6.07, 6.45) is 7.46. The largest absolute Gasteiger partial charge is 0.350 e. The van der Waals surface area contributed by atoms with Crippen LogP contribution in [0, 0.1) is 5.92 Å². The molecule has 0 aliphatic heterocycles. The van der Waals surface area contributed by atoms with Gasteiger partial charge in [-0.05, 0) is 49.1 Å². The standard InChI is InChI=1S/C22H20N8OS/c31-21(23-10-15-5-6-26-29-15)12-1-3-16-18(8-12)32-22-19(16)20(24-11-25-22)28-14-2-4-17-13(7-14)9-27-30-17/h2,4-7,9,11-12H,1,3,8,10H2,(H,23,31)(H,26,29)(H,27,30)(H,24,25,28). The summed E-state index contributed by atoms with van der Waals surface area (Å²) in [6, 6.07) is 7.92. The Bertz CT molecular complexity index is 1420. The molecule has 1 aromatic carbocycles. The second-order valence-electron chi connectivity index (χ2n) is 7.94. The Morgan fingerprint density at radius 1 is 1.19 bits per heavy atom. The molecule has 4 heterocycles. The third-order valence-electron chi connectivity index (χ3n) is 5.93. The maximum atomic E-state index is 12.7. The van der Waals surface area contributed by atoms with Crippen molar-refractivity contribution in [3.8, 4) is 0 Å². The highest BCUT2D eigenvalue weighted by Crippen LogP contribution is 2.40.